The van der Waals surface area contributed by atoms with E-state index in [2.05, 4.69) is 26.6 Å². The molecule has 3 saturated heterocycles. The summed E-state index contributed by atoms with van der Waals surface area (Å²) in [6, 6.07) is 3.08. The number of carbonyl (C=O) groups excluding carboxylic acids is 11. The Labute approximate surface area is 521 Å². The van der Waals surface area contributed by atoms with Crippen LogP contribution in [0.15, 0.2) is 54.1 Å². The predicted octanol–water partition coefficient (Wildman–Crippen LogP) is 4.32. The first-order chi connectivity index (χ1) is 41.9. The van der Waals surface area contributed by atoms with Crippen LogP contribution in [0.3, 0.4) is 0 Å². The van der Waals surface area contributed by atoms with Gasteiger partial charge in [-0.05, 0) is 95.0 Å². The third-order valence-electron chi connectivity index (χ3n) is 16.3. The predicted molar refractivity (Wildman–Crippen MR) is 321 cm³/mol. The van der Waals surface area contributed by atoms with E-state index in [-0.39, 0.29) is 81.3 Å². The Balaban J connectivity index is 1.21. The second-order valence-corrected chi connectivity index (χ2v) is 23.7. The fourth-order valence-corrected chi connectivity index (χ4v) is 11.0. The summed E-state index contributed by atoms with van der Waals surface area (Å²) in [7, 11) is 5.61. The van der Waals surface area contributed by atoms with Gasteiger partial charge in [0.2, 0.25) is 23.6 Å². The summed E-state index contributed by atoms with van der Waals surface area (Å²) >= 11 is 6.88. The highest BCUT2D eigenvalue weighted by molar-refractivity contribution is 6.34. The zero-order valence-electron chi connectivity index (χ0n) is 52.0. The minimum atomic E-state index is -1.93. The molecule has 486 valence electrons. The van der Waals surface area contributed by atoms with E-state index in [4.69, 9.17) is 45.9 Å². The molecule has 2 aromatic carbocycles. The molecule has 28 heteroatoms. The summed E-state index contributed by atoms with van der Waals surface area (Å²) in [6.45, 7) is 11.8. The van der Waals surface area contributed by atoms with Crippen molar-refractivity contribution in [1.82, 2.24) is 31.2 Å². The number of amides is 10. The van der Waals surface area contributed by atoms with Gasteiger partial charge in [0.15, 0.2) is 5.72 Å². The number of epoxide rings is 1. The highest BCUT2D eigenvalue weighted by atomic mass is 35.5. The zero-order valence-corrected chi connectivity index (χ0v) is 52.7. The highest BCUT2D eigenvalue weighted by Crippen LogP contribution is 2.49. The first-order valence-corrected chi connectivity index (χ1v) is 29.8. The summed E-state index contributed by atoms with van der Waals surface area (Å²) in [5.41, 5.74) is 4.49. The lowest BCUT2D eigenvalue weighted by molar-refractivity contribution is -0.197. The summed E-state index contributed by atoms with van der Waals surface area (Å²) in [6.07, 6.45) is -0.181. The van der Waals surface area contributed by atoms with Crippen molar-refractivity contribution in [3.8, 4) is 5.75 Å². The maximum Gasteiger partial charge on any atom is 0.409 e. The number of aryl methyl sites for hydroxylation is 1. The number of nitrogens with zero attached hydrogens (tertiary/aromatic N) is 3. The fourth-order valence-electron chi connectivity index (χ4n) is 10.8. The smallest absolute Gasteiger partial charge is 0.409 e. The van der Waals surface area contributed by atoms with Gasteiger partial charge < -0.3 is 70.4 Å². The molecule has 4 aliphatic rings. The summed E-state index contributed by atoms with van der Waals surface area (Å²) in [4.78, 5) is 153. The van der Waals surface area contributed by atoms with Gasteiger partial charge in [-0.1, -0.05) is 62.2 Å². The van der Waals surface area contributed by atoms with E-state index in [9.17, 15) is 57.8 Å². The van der Waals surface area contributed by atoms with E-state index in [0.29, 0.717) is 27.8 Å². The quantitative estimate of drug-likeness (QED) is 0.0373. The third kappa shape index (κ3) is 17.8. The molecule has 0 spiro atoms. The number of benzene rings is 2. The van der Waals surface area contributed by atoms with Crippen molar-refractivity contribution in [3.63, 3.8) is 0 Å². The maximum atomic E-state index is 14.7. The molecule has 4 heterocycles. The van der Waals surface area contributed by atoms with Crippen molar-refractivity contribution in [2.24, 2.45) is 17.6 Å². The van der Waals surface area contributed by atoms with Crippen LogP contribution in [0, 0.1) is 18.8 Å². The van der Waals surface area contributed by atoms with Crippen LogP contribution in [-0.4, -0.2) is 169 Å². The number of aliphatic hydroxyl groups is 1. The Bertz CT molecular complexity index is 3100. The minimum absolute atomic E-state index is 0.000798. The van der Waals surface area contributed by atoms with E-state index in [1.807, 2.05) is 26.0 Å². The van der Waals surface area contributed by atoms with Gasteiger partial charge in [-0.3, -0.25) is 38.9 Å². The van der Waals surface area contributed by atoms with Gasteiger partial charge in [0, 0.05) is 71.8 Å². The molecular formula is C61H82ClN9O18. The molecule has 10 amide bonds. The number of unbranched alkanes of at least 4 members (excludes halogenated alkanes) is 1. The number of carbonyl (C=O) groups is 11. The monoisotopic (exact) mass is 1260 g/mol. The number of allylic oxidation sites excluding steroid dienone is 3. The Morgan fingerprint density at radius 2 is 1.63 bits per heavy atom. The molecule has 0 unspecified atom stereocenters. The molecule has 10 atom stereocenters. The Hall–Kier alpha value is -8.14. The number of fused-ring (bicyclic) bond motifs is 5. The van der Waals surface area contributed by atoms with Crippen molar-refractivity contribution in [2.45, 2.75) is 173 Å². The highest BCUT2D eigenvalue weighted by Gasteiger charge is 2.64. The van der Waals surface area contributed by atoms with E-state index >= 15 is 0 Å². The van der Waals surface area contributed by atoms with Gasteiger partial charge in [-0.15, -0.1) is 5.06 Å². The first kappa shape index (κ1) is 70.0. The molecular weight excluding hydrogens is 1180 g/mol. The van der Waals surface area contributed by atoms with E-state index in [0.717, 1.165) is 16.0 Å². The van der Waals surface area contributed by atoms with Crippen LogP contribution in [0.25, 0.3) is 0 Å². The Morgan fingerprint density at radius 3 is 2.28 bits per heavy atom. The number of nitrogens with one attached hydrogen (secondary N) is 5. The van der Waals surface area contributed by atoms with Crippen LogP contribution >= 0.6 is 11.6 Å². The normalized spacial score (nSPS) is 24.7. The molecule has 89 heavy (non-hydrogen) atoms. The second kappa shape index (κ2) is 30.4. The van der Waals surface area contributed by atoms with Crippen molar-refractivity contribution in [3.05, 3.63) is 75.8 Å². The number of anilines is 2. The molecule has 4 bridgehead atoms. The van der Waals surface area contributed by atoms with Gasteiger partial charge in [0.25, 0.3) is 17.7 Å². The molecule has 8 N–H and O–H groups in total. The molecule has 0 aromatic heterocycles. The van der Waals surface area contributed by atoms with Crippen LogP contribution in [0.5, 0.6) is 5.75 Å². The van der Waals surface area contributed by atoms with Gasteiger partial charge >= 0.3 is 24.1 Å². The molecule has 4 aliphatic heterocycles. The third-order valence-corrected chi connectivity index (χ3v) is 16.8. The van der Waals surface area contributed by atoms with Crippen LogP contribution in [-0.2, 0) is 68.6 Å². The number of nitrogens with two attached hydrogens (primary N) is 1. The van der Waals surface area contributed by atoms with Crippen LogP contribution < -0.4 is 42.0 Å². The maximum absolute atomic E-state index is 14.7. The number of esters is 1. The van der Waals surface area contributed by atoms with E-state index in [1.165, 1.54) is 51.3 Å². The van der Waals surface area contributed by atoms with Crippen LogP contribution in [0.1, 0.15) is 127 Å². The summed E-state index contributed by atoms with van der Waals surface area (Å²) in [5, 5.41) is 25.7. The first-order valence-electron chi connectivity index (χ1n) is 29.4. The number of urea groups is 1. The molecule has 27 nitrogen and oxygen atoms in total. The van der Waals surface area contributed by atoms with Gasteiger partial charge in [0.1, 0.15) is 47.8 Å². The Morgan fingerprint density at radius 1 is 0.944 bits per heavy atom. The topological polar surface area (TPSA) is 363 Å². The van der Waals surface area contributed by atoms with Crippen LogP contribution in [0.2, 0.25) is 5.02 Å². The van der Waals surface area contributed by atoms with E-state index < -0.39 is 138 Å². The number of hydrogen-bond acceptors (Lipinski definition) is 18. The van der Waals surface area contributed by atoms with Crippen molar-refractivity contribution >= 4 is 88.4 Å². The zero-order chi connectivity index (χ0) is 65.8. The number of ether oxygens (including phenoxy) is 5. The van der Waals surface area contributed by atoms with Crippen molar-refractivity contribution < 1.29 is 86.4 Å². The molecule has 0 aliphatic carbocycles. The number of likely N-dealkylation sites (N-methyl/N-ethyl adjacent to an activating group) is 1. The van der Waals surface area contributed by atoms with Gasteiger partial charge in [0.05, 0.1) is 41.6 Å². The molecule has 0 radical (unpaired) electrons. The number of primary amides is 1. The molecule has 0 saturated carbocycles. The van der Waals surface area contributed by atoms with Crippen molar-refractivity contribution in [1.29, 1.82) is 0 Å². The number of halogens is 1. The molecule has 2 aromatic rings. The second-order valence-electron chi connectivity index (χ2n) is 23.4. The molecule has 3 fully saturated rings. The lowest BCUT2D eigenvalue weighted by atomic mass is 9.83. The number of imide groups is 1. The number of hydroxylamine groups is 2. The number of rotatable bonds is 22. The Kier molecular flexibility index (Phi) is 23.9. The number of hydrogen-bond donors (Lipinski definition) is 7. The van der Waals surface area contributed by atoms with Crippen molar-refractivity contribution in [2.75, 3.05) is 45.1 Å². The van der Waals surface area contributed by atoms with Gasteiger partial charge in [-0.25, -0.2) is 19.2 Å². The lowest BCUT2D eigenvalue weighted by Crippen LogP contribution is -2.63. The number of alkyl carbamates (subject to hydrolysis) is 1. The SMILES string of the molecule is COc1ccc(C(=O)N(C)[C@@H](C)C(=O)O[C@H]2CC(=O)N(C)c3cc(cc(C)c3Cl)C/C(C)=C/C=C/[C@@H](OC)[C@@]3(O)C[C@H](OC(=O)N3)[C@@H](C)[C@@H]3O[C@@]23C)c(NC(=O)[C@H](CCCNC(N)=O)NC(=O)[C@@H](NC(=O)CCCCC(=O)ON2C(=O)CCC2=O)C(C)C)c1. The number of methoxy groups -OCH3 is 2. The van der Waals surface area contributed by atoms with Crippen LogP contribution in [0.4, 0.5) is 21.0 Å². The average molecular weight is 1260 g/mol. The largest absolute Gasteiger partial charge is 0.497 e. The fraction of sp³-hybridized carbons (Fsp3) is 0.557. The molecule has 6 rings (SSSR count). The average Bonchev–Trinajstić information content (AvgIpc) is 1.60. The van der Waals surface area contributed by atoms with E-state index in [1.54, 1.807) is 53.0 Å². The summed E-state index contributed by atoms with van der Waals surface area (Å²) in [5.74, 6) is -7.51. The van der Waals surface area contributed by atoms with Gasteiger partial charge in [-0.2, -0.15) is 0 Å². The minimum Gasteiger partial charge on any atom is -0.497 e. The lowest BCUT2D eigenvalue weighted by Gasteiger charge is -2.42. The summed E-state index contributed by atoms with van der Waals surface area (Å²) < 4.78 is 29.5. The standard InChI is InChI=1S/C61H82ClN9O18/c1-32(2)52(67-46(72)19-12-13-20-50(76)89-71-47(73)23-24-48(71)74)55(78)65-40(17-15-25-64-58(63)81)54(77)66-41-29-38(84-10)21-22-39(41)56(79)69(8)36(6)57(80)87-45-30-49(75)70(9)42-28-37(27-34(4)51(42)62)26-33(3)16-14-18-44(85-11)61(83)31-43(86-59(82)68-61)35(5)53-60(45,7)88-53/h14,16,18,21-22,27-29,32,35-36,40,43-45,52-53,83H,12-13,15,17,19-20,23-26,30-31H2,1-11H3,(H,65,78)(H,66,77)(H,67,72)(H,68,82)(H3,63,64,81)/b18-14+,33-16+/t35-,36+,40+,43+,44-,45+,52+,53+,60+,61+/m1/s1.